The van der Waals surface area contributed by atoms with E-state index in [-0.39, 0.29) is 66.4 Å². The molecule has 1 saturated carbocycles. The summed E-state index contributed by atoms with van der Waals surface area (Å²) in [4.78, 5) is 31.2. The molecule has 15 heteroatoms. The molecule has 9 N–H and O–H groups in total. The Kier molecular flexibility index (Phi) is 10.7. The van der Waals surface area contributed by atoms with Crippen molar-refractivity contribution in [2.75, 3.05) is 19.8 Å². The highest BCUT2D eigenvalue weighted by Crippen LogP contribution is 2.68. The third kappa shape index (κ3) is 6.26. The van der Waals surface area contributed by atoms with Crippen LogP contribution < -0.4 is 15.4 Å². The Balaban J connectivity index is 1.13. The van der Waals surface area contributed by atoms with Crippen LogP contribution in [-0.2, 0) is 17.8 Å². The molecule has 0 amide bonds. The van der Waals surface area contributed by atoms with Crippen molar-refractivity contribution >= 4 is 38.7 Å². The van der Waals surface area contributed by atoms with Crippen molar-refractivity contribution in [3.05, 3.63) is 141 Å². The maximum atomic E-state index is 16.0. The lowest BCUT2D eigenvalue weighted by atomic mass is 9.55. The molecule has 6 aliphatic heterocycles. The summed E-state index contributed by atoms with van der Waals surface area (Å²) in [5.41, 5.74) is 2.30. The Bertz CT molecular complexity index is 2630. The van der Waals surface area contributed by atoms with Crippen molar-refractivity contribution in [3.8, 4) is 5.75 Å². The lowest BCUT2D eigenvalue weighted by Gasteiger charge is -2.55. The van der Waals surface area contributed by atoms with Crippen LogP contribution in [0.2, 0.25) is 0 Å². The predicted molar refractivity (Wildman–Crippen MR) is 243 cm³/mol. The van der Waals surface area contributed by atoms with Gasteiger partial charge in [0.1, 0.15) is 52.0 Å². The van der Waals surface area contributed by atoms with Gasteiger partial charge in [-0.1, -0.05) is 94.8 Å². The van der Waals surface area contributed by atoms with E-state index >= 15 is 9.59 Å². The maximum Gasteiger partial charge on any atom is 0.229 e. The minimum Gasteiger partial charge on any atom is -0.511 e. The quantitative estimate of drug-likeness (QED) is 0.142. The standard InChI is InChI=1S/C50H52N2O11S2/c53-17-5-13-37-50-33(20-27(21-36(50)56)19-25-6-1-7-26(18-25)22-54)41(57)29-9-3-12-34(39(29)43(50)59)62-47-44(60)49(61,42(58)35(23-55)63-47)24-48-15-4-11-31(48)28-8-2-10-30-38(28)40-32(48)14-16-51-45(40)52-46(30)65-64-37/h1-3,6-10,12,14,18,20-21,31,33,35,37,42,44,46-47,51-56,58,60-61H,4-5,11,13,15-17,19,22-24H2/t31-,33-,35-,37+,42-,44+,46-,47-,48+,49+,50+/m1/s1. The number of ether oxygens (including phenoxy) is 2. The number of allylic oxidation sites excluding steroid dienone is 6. The zero-order valence-corrected chi connectivity index (χ0v) is 37.1. The van der Waals surface area contributed by atoms with Gasteiger partial charge >= 0.3 is 0 Å². The summed E-state index contributed by atoms with van der Waals surface area (Å²) in [6.07, 6.45) is 1.72. The Labute approximate surface area is 383 Å². The van der Waals surface area contributed by atoms with E-state index < -0.39 is 70.4 Å². The Hall–Kier alpha value is -4.42. The number of hydrogen-bond acceptors (Lipinski definition) is 15. The Morgan fingerprint density at radius 2 is 1.72 bits per heavy atom. The van der Waals surface area contributed by atoms with E-state index in [2.05, 4.69) is 28.8 Å². The highest BCUT2D eigenvalue weighted by molar-refractivity contribution is 8.77. The second-order valence-electron chi connectivity index (χ2n) is 18.8. The van der Waals surface area contributed by atoms with Gasteiger partial charge in [0, 0.05) is 35.0 Å². The number of aliphatic hydroxyl groups is 7. The number of nitrogens with one attached hydrogen (secondary N) is 2. The molecule has 2 spiro atoms. The van der Waals surface area contributed by atoms with Crippen molar-refractivity contribution < 1.29 is 54.8 Å². The number of benzene rings is 3. The second kappa shape index (κ2) is 16.1. The number of hydrogen-bond donors (Lipinski definition) is 9. The molecular formula is C50H52N2O11S2. The average molecular weight is 921 g/mol. The van der Waals surface area contributed by atoms with E-state index in [0.29, 0.717) is 30.5 Å². The summed E-state index contributed by atoms with van der Waals surface area (Å²) in [6, 6.07) is 18.2. The van der Waals surface area contributed by atoms with Crippen LogP contribution in [0.4, 0.5) is 0 Å². The summed E-state index contributed by atoms with van der Waals surface area (Å²) in [7, 11) is 2.90. The van der Waals surface area contributed by atoms with Gasteiger partial charge in [0.25, 0.3) is 0 Å². The highest BCUT2D eigenvalue weighted by Gasteiger charge is 2.65. The molecule has 340 valence electrons. The molecule has 1 saturated heterocycles. The molecule has 3 aromatic carbocycles. The van der Waals surface area contributed by atoms with Gasteiger partial charge in [0.15, 0.2) is 11.6 Å². The molecule has 3 aromatic rings. The first kappa shape index (κ1) is 43.2. The van der Waals surface area contributed by atoms with Crippen molar-refractivity contribution in [2.24, 2.45) is 16.7 Å². The number of carbonyl (C=O) groups excluding carboxylic acids is 2. The molecule has 10 aliphatic rings. The van der Waals surface area contributed by atoms with Gasteiger partial charge in [0.2, 0.25) is 6.29 Å². The number of ketones is 2. The first-order chi connectivity index (χ1) is 31.5. The zero-order chi connectivity index (χ0) is 45.0. The van der Waals surface area contributed by atoms with Gasteiger partial charge in [-0.25, -0.2) is 0 Å². The molecule has 4 aliphatic carbocycles. The molecule has 2 fully saturated rings. The van der Waals surface area contributed by atoms with Crippen LogP contribution in [0.3, 0.4) is 0 Å². The summed E-state index contributed by atoms with van der Waals surface area (Å²) in [5, 5.41) is 87.2. The summed E-state index contributed by atoms with van der Waals surface area (Å²) >= 11 is 0. The molecule has 0 aromatic heterocycles. The van der Waals surface area contributed by atoms with Gasteiger partial charge < -0.3 is 55.9 Å². The second-order valence-corrected chi connectivity index (χ2v) is 21.4. The minimum absolute atomic E-state index is 0.0378. The van der Waals surface area contributed by atoms with Crippen molar-refractivity contribution in [3.63, 3.8) is 0 Å². The van der Waals surface area contributed by atoms with Gasteiger partial charge in [-0.3, -0.25) is 9.59 Å². The van der Waals surface area contributed by atoms with Gasteiger partial charge in [-0.2, -0.15) is 0 Å². The van der Waals surface area contributed by atoms with Crippen molar-refractivity contribution in [2.45, 2.75) is 98.3 Å². The fourth-order valence-electron chi connectivity index (χ4n) is 12.6. The summed E-state index contributed by atoms with van der Waals surface area (Å²) in [5.74, 6) is -1.96. The topological polar surface area (TPSA) is 218 Å². The predicted octanol–water partition coefficient (Wildman–Crippen LogP) is 5.03. The smallest absolute Gasteiger partial charge is 0.229 e. The molecule has 13 nitrogen and oxygen atoms in total. The minimum atomic E-state index is -2.29. The number of aliphatic hydroxyl groups excluding tert-OH is 6. The molecule has 12 bridgehead atoms. The summed E-state index contributed by atoms with van der Waals surface area (Å²) < 4.78 is 12.6. The van der Waals surface area contributed by atoms with Crippen LogP contribution in [-0.4, -0.2) is 103 Å². The summed E-state index contributed by atoms with van der Waals surface area (Å²) in [6.45, 7) is -0.604. The van der Waals surface area contributed by atoms with E-state index in [4.69, 9.17) is 9.47 Å². The van der Waals surface area contributed by atoms with E-state index in [9.17, 15) is 35.7 Å². The highest BCUT2D eigenvalue weighted by atomic mass is 33.1. The van der Waals surface area contributed by atoms with E-state index in [0.717, 1.165) is 52.1 Å². The van der Waals surface area contributed by atoms with Crippen molar-refractivity contribution in [1.29, 1.82) is 0 Å². The fraction of sp³-hybridized carbons (Fsp3) is 0.440. The lowest BCUT2D eigenvalue weighted by Crippen LogP contribution is -2.69. The largest absolute Gasteiger partial charge is 0.511 e. The third-order valence-electron chi connectivity index (χ3n) is 15.5. The van der Waals surface area contributed by atoms with Crippen LogP contribution in [0, 0.1) is 16.7 Å². The van der Waals surface area contributed by atoms with Crippen LogP contribution in [0.5, 0.6) is 5.75 Å². The molecule has 11 atom stereocenters. The number of rotatable bonds is 7. The third-order valence-corrected chi connectivity index (χ3v) is 18.6. The molecule has 0 radical (unpaired) electrons. The van der Waals surface area contributed by atoms with E-state index in [1.165, 1.54) is 33.7 Å². The van der Waals surface area contributed by atoms with Gasteiger partial charge in [0.05, 0.1) is 24.7 Å². The Morgan fingerprint density at radius 1 is 0.923 bits per heavy atom. The number of carbonyl (C=O) groups is 2. The first-order valence-corrected chi connectivity index (χ1v) is 24.8. The molecule has 0 unspecified atom stereocenters. The first-order valence-electron chi connectivity index (χ1n) is 22.5. The average Bonchev–Trinajstić information content (AvgIpc) is 3.75. The van der Waals surface area contributed by atoms with Crippen LogP contribution in [0.15, 0.2) is 102 Å². The van der Waals surface area contributed by atoms with Crippen molar-refractivity contribution in [1.82, 2.24) is 10.6 Å². The monoisotopic (exact) mass is 920 g/mol. The van der Waals surface area contributed by atoms with E-state index in [1.54, 1.807) is 24.3 Å². The van der Waals surface area contributed by atoms with E-state index in [1.807, 2.05) is 24.3 Å². The Morgan fingerprint density at radius 3 is 2.54 bits per heavy atom. The number of Topliss-reactive ketones (excluding diaryl/α,β-unsaturated/α-hetero) is 2. The van der Waals surface area contributed by atoms with Crippen LogP contribution in [0.25, 0.3) is 5.57 Å². The maximum absolute atomic E-state index is 16.0. The molecule has 6 heterocycles. The fourth-order valence-corrected chi connectivity index (χ4v) is 16.1. The number of dihydropyridines is 1. The molecular weight excluding hydrogens is 869 g/mol. The zero-order valence-electron chi connectivity index (χ0n) is 35.5. The SMILES string of the molecule is O=C1c2cccc3c2C(=O)[C@@]2(C(O)=CC(Cc4cccc(CO)c4)=C[C@H]12)[C@H](CCCO)SS[C@H]1NC2=C4C(=CCN2)[C@@]2(CCC[C@@H]2c2cccc1c24)C[C@]1(O)[C@H](O)[C@@H](CO)O[C@@H](O3)[C@@H]1O. The normalized spacial score (nSPS) is 35.4. The lowest BCUT2D eigenvalue weighted by molar-refractivity contribution is -0.319. The van der Waals surface area contributed by atoms with Crippen LogP contribution in [0.1, 0.15) is 98.3 Å². The molecule has 13 rings (SSSR count). The van der Waals surface area contributed by atoms with Crippen LogP contribution >= 0.6 is 21.6 Å². The van der Waals surface area contributed by atoms with Gasteiger partial charge in [-0.15, -0.1) is 0 Å². The molecule has 65 heavy (non-hydrogen) atoms. The van der Waals surface area contributed by atoms with Gasteiger partial charge in [-0.05, 0) is 95.5 Å².